The second-order valence-electron chi connectivity index (χ2n) is 5.69. The average molecular weight is 274 g/mol. The number of nitrogens with two attached hydrogens (primary N) is 1. The molecule has 1 unspecified atom stereocenters. The van der Waals surface area contributed by atoms with E-state index in [1.54, 1.807) is 11.3 Å². The van der Waals surface area contributed by atoms with E-state index in [-0.39, 0.29) is 11.6 Å². The van der Waals surface area contributed by atoms with E-state index in [1.165, 1.54) is 5.56 Å². The highest BCUT2D eigenvalue weighted by Gasteiger charge is 2.32. The molecule has 0 amide bonds. The van der Waals surface area contributed by atoms with Crippen LogP contribution in [-0.4, -0.2) is 10.6 Å². The number of para-hydroxylation sites is 1. The fourth-order valence-corrected chi connectivity index (χ4v) is 3.30. The van der Waals surface area contributed by atoms with Crippen LogP contribution in [0.3, 0.4) is 0 Å². The Labute approximate surface area is 117 Å². The average Bonchev–Trinajstić information content (AvgIpc) is 2.90. The first-order valence-electron chi connectivity index (χ1n) is 6.49. The normalized spacial score (nSPS) is 17.9. The summed E-state index contributed by atoms with van der Waals surface area (Å²) in [5.74, 6) is 0.984. The van der Waals surface area contributed by atoms with Crippen LogP contribution in [-0.2, 0) is 6.42 Å². The van der Waals surface area contributed by atoms with E-state index in [0.29, 0.717) is 0 Å². The molecule has 100 valence electrons. The van der Waals surface area contributed by atoms with Crippen LogP contribution < -0.4 is 10.5 Å². The summed E-state index contributed by atoms with van der Waals surface area (Å²) >= 11 is 1.64. The number of thiazole rings is 1. The van der Waals surface area contributed by atoms with Gasteiger partial charge >= 0.3 is 0 Å². The molecule has 0 saturated carbocycles. The van der Waals surface area contributed by atoms with Crippen molar-refractivity contribution in [1.29, 1.82) is 0 Å². The van der Waals surface area contributed by atoms with Gasteiger partial charge in [-0.05, 0) is 32.4 Å². The van der Waals surface area contributed by atoms with E-state index < -0.39 is 0 Å². The molecule has 1 aromatic heterocycles. The number of hydrogen-bond donors (Lipinski definition) is 1. The lowest BCUT2D eigenvalue weighted by molar-refractivity contribution is 0.139. The van der Waals surface area contributed by atoms with Gasteiger partial charge in [0.15, 0.2) is 0 Å². The Morgan fingerprint density at radius 3 is 2.89 bits per heavy atom. The zero-order chi connectivity index (χ0) is 13.6. The van der Waals surface area contributed by atoms with Crippen molar-refractivity contribution in [3.8, 4) is 16.3 Å². The molecule has 0 saturated heterocycles. The minimum Gasteiger partial charge on any atom is -0.486 e. The number of hydrogen-bond acceptors (Lipinski definition) is 4. The maximum absolute atomic E-state index is 6.08. The summed E-state index contributed by atoms with van der Waals surface area (Å²) in [5, 5.41) is 0.988. The molecule has 4 heteroatoms. The van der Waals surface area contributed by atoms with Crippen LogP contribution in [0.25, 0.3) is 10.6 Å². The van der Waals surface area contributed by atoms with E-state index in [9.17, 15) is 0 Å². The van der Waals surface area contributed by atoms with Gasteiger partial charge in [-0.15, -0.1) is 11.3 Å². The SMILES string of the molecule is CC(N)c1cnc(-c2cccc3c2OC(C)(C)C3)s1. The van der Waals surface area contributed by atoms with Crippen LogP contribution in [0.4, 0.5) is 0 Å². The van der Waals surface area contributed by atoms with E-state index in [2.05, 4.69) is 37.0 Å². The number of aromatic nitrogens is 1. The van der Waals surface area contributed by atoms with Crippen molar-refractivity contribution in [2.45, 2.75) is 38.8 Å². The topological polar surface area (TPSA) is 48.1 Å². The van der Waals surface area contributed by atoms with E-state index in [1.807, 2.05) is 13.1 Å². The van der Waals surface area contributed by atoms with Crippen molar-refractivity contribution in [3.63, 3.8) is 0 Å². The summed E-state index contributed by atoms with van der Waals surface area (Å²) in [6, 6.07) is 6.31. The van der Waals surface area contributed by atoms with Crippen LogP contribution in [0.1, 0.15) is 37.3 Å². The minimum atomic E-state index is -0.125. The molecular formula is C15H18N2OS. The van der Waals surface area contributed by atoms with Crippen molar-refractivity contribution in [3.05, 3.63) is 34.8 Å². The molecule has 1 atom stereocenters. The summed E-state index contributed by atoms with van der Waals surface area (Å²) in [6.07, 6.45) is 2.81. The number of ether oxygens (including phenoxy) is 1. The highest BCUT2D eigenvalue weighted by molar-refractivity contribution is 7.15. The Morgan fingerprint density at radius 1 is 1.42 bits per heavy atom. The minimum absolute atomic E-state index is 0.0281. The van der Waals surface area contributed by atoms with Gasteiger partial charge in [-0.25, -0.2) is 4.98 Å². The number of rotatable bonds is 2. The number of nitrogens with zero attached hydrogens (tertiary/aromatic N) is 1. The molecule has 1 aliphatic heterocycles. The molecule has 3 rings (SSSR count). The van der Waals surface area contributed by atoms with Crippen LogP contribution in [0.2, 0.25) is 0 Å². The second-order valence-corrected chi connectivity index (χ2v) is 6.75. The molecule has 2 heterocycles. The molecular weight excluding hydrogens is 256 g/mol. The second kappa shape index (κ2) is 4.32. The third-order valence-corrected chi connectivity index (χ3v) is 4.53. The molecule has 0 radical (unpaired) electrons. The lowest BCUT2D eigenvalue weighted by atomic mass is 10.0. The Bertz CT molecular complexity index is 616. The lowest BCUT2D eigenvalue weighted by Gasteiger charge is -2.17. The predicted octanol–water partition coefficient (Wildman–Crippen LogP) is 3.54. The van der Waals surface area contributed by atoms with Gasteiger partial charge in [0.2, 0.25) is 0 Å². The maximum Gasteiger partial charge on any atom is 0.133 e. The molecule has 2 aromatic rings. The largest absolute Gasteiger partial charge is 0.486 e. The standard InChI is InChI=1S/C15H18N2OS/c1-9(16)12-8-17-14(19-12)11-6-4-5-10-7-15(2,3)18-13(10)11/h4-6,8-9H,7,16H2,1-3H3. The third-order valence-electron chi connectivity index (χ3n) is 3.29. The highest BCUT2D eigenvalue weighted by Crippen LogP contribution is 2.43. The molecule has 0 fully saturated rings. The van der Waals surface area contributed by atoms with Crippen molar-refractivity contribution < 1.29 is 4.74 Å². The van der Waals surface area contributed by atoms with Crippen LogP contribution in [0, 0.1) is 0 Å². The summed E-state index contributed by atoms with van der Waals surface area (Å²) < 4.78 is 6.08. The highest BCUT2D eigenvalue weighted by atomic mass is 32.1. The first kappa shape index (κ1) is 12.6. The zero-order valence-electron chi connectivity index (χ0n) is 11.4. The van der Waals surface area contributed by atoms with E-state index in [0.717, 1.165) is 27.6 Å². The first-order valence-corrected chi connectivity index (χ1v) is 7.30. The molecule has 0 spiro atoms. The van der Waals surface area contributed by atoms with Gasteiger partial charge in [0.05, 0.1) is 5.56 Å². The van der Waals surface area contributed by atoms with Gasteiger partial charge in [-0.2, -0.15) is 0 Å². The monoisotopic (exact) mass is 274 g/mol. The fraction of sp³-hybridized carbons (Fsp3) is 0.400. The molecule has 0 aliphatic carbocycles. The van der Waals surface area contributed by atoms with Crippen molar-refractivity contribution >= 4 is 11.3 Å². The maximum atomic E-state index is 6.08. The zero-order valence-corrected chi connectivity index (χ0v) is 12.3. The summed E-state index contributed by atoms with van der Waals surface area (Å²) in [4.78, 5) is 5.59. The van der Waals surface area contributed by atoms with Crippen molar-refractivity contribution in [2.24, 2.45) is 5.73 Å². The molecule has 3 nitrogen and oxygen atoms in total. The summed E-state index contributed by atoms with van der Waals surface area (Å²) in [5.41, 5.74) is 8.12. The van der Waals surface area contributed by atoms with Crippen LogP contribution in [0.15, 0.2) is 24.4 Å². The first-order chi connectivity index (χ1) is 8.96. The predicted molar refractivity (Wildman–Crippen MR) is 78.6 cm³/mol. The molecule has 2 N–H and O–H groups in total. The smallest absolute Gasteiger partial charge is 0.133 e. The van der Waals surface area contributed by atoms with Gasteiger partial charge in [0.1, 0.15) is 16.4 Å². The van der Waals surface area contributed by atoms with Gasteiger partial charge in [0.25, 0.3) is 0 Å². The molecule has 19 heavy (non-hydrogen) atoms. The van der Waals surface area contributed by atoms with Crippen molar-refractivity contribution in [2.75, 3.05) is 0 Å². The van der Waals surface area contributed by atoms with Gasteiger partial charge in [-0.1, -0.05) is 12.1 Å². The Balaban J connectivity index is 2.05. The Hall–Kier alpha value is -1.39. The van der Waals surface area contributed by atoms with E-state index >= 15 is 0 Å². The summed E-state index contributed by atoms with van der Waals surface area (Å²) in [7, 11) is 0. The lowest BCUT2D eigenvalue weighted by Crippen LogP contribution is -2.24. The quantitative estimate of drug-likeness (QED) is 0.911. The number of fused-ring (bicyclic) bond motifs is 1. The fourth-order valence-electron chi connectivity index (χ4n) is 2.41. The summed E-state index contributed by atoms with van der Waals surface area (Å²) in [6.45, 7) is 6.21. The molecule has 1 aromatic carbocycles. The molecule has 0 bridgehead atoms. The van der Waals surface area contributed by atoms with Gasteiger partial charge < -0.3 is 10.5 Å². The third kappa shape index (κ3) is 2.26. The Kier molecular flexibility index (Phi) is 2.87. The Morgan fingerprint density at radius 2 is 2.21 bits per heavy atom. The van der Waals surface area contributed by atoms with Gasteiger partial charge in [0, 0.05) is 23.5 Å². The van der Waals surface area contributed by atoms with Crippen LogP contribution >= 0.6 is 11.3 Å². The van der Waals surface area contributed by atoms with Crippen LogP contribution in [0.5, 0.6) is 5.75 Å². The van der Waals surface area contributed by atoms with E-state index in [4.69, 9.17) is 10.5 Å². The van der Waals surface area contributed by atoms with Gasteiger partial charge in [-0.3, -0.25) is 0 Å². The molecule has 1 aliphatic rings. The number of benzene rings is 1. The van der Waals surface area contributed by atoms with Crippen molar-refractivity contribution in [1.82, 2.24) is 4.98 Å².